The molecule has 0 atom stereocenters. The maximum absolute atomic E-state index is 9.71. The Labute approximate surface area is 621 Å². The lowest BCUT2D eigenvalue weighted by Crippen LogP contribution is -2.65. The molecular formula is C99H90BN3O. The van der Waals surface area contributed by atoms with Gasteiger partial charge >= 0.3 is 0 Å². The van der Waals surface area contributed by atoms with E-state index in [1.807, 2.05) is 6.07 Å². The van der Waals surface area contributed by atoms with Gasteiger partial charge in [0.2, 0.25) is 6.71 Å². The molecule has 510 valence electrons. The van der Waals surface area contributed by atoms with E-state index in [0.717, 1.165) is 111 Å². The van der Waals surface area contributed by atoms with Crippen LogP contribution in [0.1, 0.15) is 161 Å². The quantitative estimate of drug-likeness (QED) is 0.155. The molecule has 0 fully saturated rings. The van der Waals surface area contributed by atoms with Crippen molar-refractivity contribution in [1.29, 1.82) is 0 Å². The second-order valence-electron chi connectivity index (χ2n) is 34.6. The predicted molar refractivity (Wildman–Crippen MR) is 443 cm³/mol. The molecule has 0 saturated carbocycles. The molecule has 0 saturated heterocycles. The molecule has 104 heavy (non-hydrogen) atoms. The van der Waals surface area contributed by atoms with Crippen LogP contribution in [-0.4, -0.2) is 15.8 Å². The van der Waals surface area contributed by atoms with Crippen LogP contribution in [0, 0.1) is 0 Å². The third kappa shape index (κ3) is 10.1. The fourth-order valence-electron chi connectivity index (χ4n) is 17.4. The van der Waals surface area contributed by atoms with E-state index in [-0.39, 0.29) is 56.8 Å². The smallest absolute Gasteiger partial charge is 0.247 e. The van der Waals surface area contributed by atoms with Crippen LogP contribution in [0.2, 0.25) is 0 Å². The normalized spacial score (nSPS) is 14.7. The standard InChI is InChI=1S/C99H90BN3O/c1-94(2,3)65-40-47-84-74(52-65)75-53-66(95(4,5)6)41-48-85(75)101(84)70-44-46-83-88(59-70)103(93-72(62-31-21-17-22-32-62)56-69(98(13,14)15)57-73(93)63-33-23-18-24-34-63)89-60-71(102-86-49-42-67(96(7,8)9)54-76(86)77-55-68(97(10,11)12)43-50-87(77)102)58-81-92(89)100(83)82-45-39-64(61-29-19-16-20-30-61)51-80(82)99(81)78-35-25-27-37-90(78)104-91-38-28-26-36-79(91)99/h16-60H,1-15H3/i16D,19D,20D,29D,30D. The van der Waals surface area contributed by atoms with Gasteiger partial charge < -0.3 is 18.8 Å². The summed E-state index contributed by atoms with van der Waals surface area (Å²) in [4.78, 5) is 2.66. The molecule has 4 nitrogen and oxygen atoms in total. The van der Waals surface area contributed by atoms with Crippen molar-refractivity contribution in [2.75, 3.05) is 4.90 Å². The number of rotatable bonds is 6. The Morgan fingerprint density at radius 3 is 1.21 bits per heavy atom. The molecule has 0 N–H and O–H groups in total. The summed E-state index contributed by atoms with van der Waals surface area (Å²) in [6, 6.07) is 89.2. The predicted octanol–water partition coefficient (Wildman–Crippen LogP) is 24.5. The van der Waals surface area contributed by atoms with Gasteiger partial charge in [-0.05, 0) is 196 Å². The first-order valence-corrected chi connectivity index (χ1v) is 37.0. The van der Waals surface area contributed by atoms with Crippen LogP contribution in [0.25, 0.3) is 88.4 Å². The summed E-state index contributed by atoms with van der Waals surface area (Å²) < 4.78 is 58.9. The van der Waals surface area contributed by atoms with E-state index in [9.17, 15) is 5.48 Å². The summed E-state index contributed by atoms with van der Waals surface area (Å²) >= 11 is 0. The largest absolute Gasteiger partial charge is 0.457 e. The van der Waals surface area contributed by atoms with Crippen molar-refractivity contribution in [1.82, 2.24) is 9.13 Å². The summed E-state index contributed by atoms with van der Waals surface area (Å²) in [5.41, 5.74) is 25.6. The number of para-hydroxylation sites is 2. The van der Waals surface area contributed by atoms with E-state index in [2.05, 4.69) is 354 Å². The molecule has 0 radical (unpaired) electrons. The minimum Gasteiger partial charge on any atom is -0.457 e. The van der Waals surface area contributed by atoms with Gasteiger partial charge in [-0.25, -0.2) is 0 Å². The second-order valence-corrected chi connectivity index (χ2v) is 34.6. The molecule has 0 bridgehead atoms. The number of aromatic nitrogens is 2. The Hall–Kier alpha value is -10.9. The Kier molecular flexibility index (Phi) is 13.2. The first-order valence-electron chi connectivity index (χ1n) is 39.5. The molecular weight excluding hydrogens is 1260 g/mol. The number of hydrogen-bond acceptors (Lipinski definition) is 2. The summed E-state index contributed by atoms with van der Waals surface area (Å²) in [5, 5.41) is 4.74. The number of ether oxygens (including phenoxy) is 1. The Balaban J connectivity index is 1.08. The van der Waals surface area contributed by atoms with E-state index >= 15 is 0 Å². The van der Waals surface area contributed by atoms with Gasteiger partial charge in [-0.15, -0.1) is 0 Å². The minimum absolute atomic E-state index is 0.111. The number of nitrogens with zero attached hydrogens (tertiary/aromatic N) is 3. The molecule has 18 rings (SSSR count). The van der Waals surface area contributed by atoms with Gasteiger partial charge in [-0.2, -0.15) is 0 Å². The molecule has 0 amide bonds. The number of anilines is 3. The lowest BCUT2D eigenvalue weighted by Gasteiger charge is -2.50. The van der Waals surface area contributed by atoms with Crippen LogP contribution in [0.4, 0.5) is 17.1 Å². The average Bonchev–Trinajstić information content (AvgIpc) is 1.31. The molecule has 5 heterocycles. The van der Waals surface area contributed by atoms with Crippen LogP contribution in [0.3, 0.4) is 0 Å². The first kappa shape index (κ1) is 59.6. The van der Waals surface area contributed by atoms with E-state index in [0.29, 0.717) is 17.1 Å². The van der Waals surface area contributed by atoms with Gasteiger partial charge in [-0.3, -0.25) is 0 Å². The molecule has 3 aliphatic rings. The third-order valence-corrected chi connectivity index (χ3v) is 22.9. The fourth-order valence-corrected chi connectivity index (χ4v) is 17.4. The average molecular weight is 1350 g/mol. The van der Waals surface area contributed by atoms with Crippen molar-refractivity contribution >= 4 is 83.8 Å². The first-order chi connectivity index (χ1) is 51.8. The number of fused-ring (bicyclic) bond motifs is 16. The topological polar surface area (TPSA) is 22.3 Å². The maximum Gasteiger partial charge on any atom is 0.247 e. The van der Waals surface area contributed by atoms with E-state index in [1.165, 1.54) is 49.4 Å². The lowest BCUT2D eigenvalue weighted by atomic mass is 9.29. The molecule has 13 aromatic carbocycles. The van der Waals surface area contributed by atoms with Crippen LogP contribution in [0.5, 0.6) is 11.5 Å². The minimum atomic E-state index is -1.21. The molecule has 1 spiro atoms. The SMILES string of the molecule is [2H]c1c([2H])c([2H])c(-c2ccc3c(c2)C2(c4ccccc4Oc4ccccc42)c2cc(-n4c5ccc(C(C)(C)C)cc5c5cc(C(C)(C)C)ccc54)cc4c2B3c2ccc(-n3c5ccc(C(C)(C)C)cc5c5cc(C(C)(C)C)ccc53)cc2N4c2c(-c3ccccc3)cc(C(C)(C)C)cc2-c2ccccc2)c([2H])c1[2H]. The zero-order chi connectivity index (χ0) is 76.2. The van der Waals surface area contributed by atoms with Gasteiger partial charge in [0.05, 0.1) is 40.0 Å². The van der Waals surface area contributed by atoms with Crippen molar-refractivity contribution in [3.8, 4) is 56.3 Å². The van der Waals surface area contributed by atoms with Gasteiger partial charge in [-0.1, -0.05) is 285 Å². The van der Waals surface area contributed by atoms with Crippen LogP contribution < -0.4 is 26.0 Å². The summed E-state index contributed by atoms with van der Waals surface area (Å²) in [6.07, 6.45) is 0. The molecule has 0 aliphatic carbocycles. The van der Waals surface area contributed by atoms with Crippen molar-refractivity contribution in [3.05, 3.63) is 323 Å². The zero-order valence-electron chi connectivity index (χ0n) is 67.4. The van der Waals surface area contributed by atoms with E-state index < -0.39 is 18.2 Å². The Morgan fingerprint density at radius 2 is 0.750 bits per heavy atom. The third-order valence-electron chi connectivity index (χ3n) is 22.9. The van der Waals surface area contributed by atoms with Gasteiger partial charge in [0.1, 0.15) is 11.5 Å². The lowest BCUT2D eigenvalue weighted by molar-refractivity contribution is 0.435. The van der Waals surface area contributed by atoms with E-state index in [1.54, 1.807) is 0 Å². The monoisotopic (exact) mass is 1350 g/mol. The van der Waals surface area contributed by atoms with Crippen molar-refractivity contribution in [3.63, 3.8) is 0 Å². The van der Waals surface area contributed by atoms with Crippen LogP contribution >= 0.6 is 0 Å². The maximum atomic E-state index is 9.71. The van der Waals surface area contributed by atoms with Crippen LogP contribution in [0.15, 0.2) is 273 Å². The number of benzene rings is 13. The highest BCUT2D eigenvalue weighted by molar-refractivity contribution is 6.99. The zero-order valence-corrected chi connectivity index (χ0v) is 62.4. The van der Waals surface area contributed by atoms with Crippen molar-refractivity contribution < 1.29 is 11.6 Å². The Morgan fingerprint density at radius 1 is 0.327 bits per heavy atom. The Bertz CT molecular complexity index is 6090. The highest BCUT2D eigenvalue weighted by atomic mass is 16.5. The van der Waals surface area contributed by atoms with E-state index in [4.69, 9.17) is 6.11 Å². The molecule has 0 unspecified atom stereocenters. The molecule has 2 aromatic heterocycles. The highest BCUT2D eigenvalue weighted by Gasteiger charge is 2.55. The van der Waals surface area contributed by atoms with Crippen molar-refractivity contribution in [2.24, 2.45) is 0 Å². The van der Waals surface area contributed by atoms with Crippen molar-refractivity contribution in [2.45, 2.75) is 136 Å². The molecule has 3 aliphatic heterocycles. The second kappa shape index (κ2) is 23.1. The summed E-state index contributed by atoms with van der Waals surface area (Å²) in [7, 11) is 0. The van der Waals surface area contributed by atoms with Gasteiger partial charge in [0.25, 0.3) is 0 Å². The summed E-state index contributed by atoms with van der Waals surface area (Å²) in [5.74, 6) is 1.39. The van der Waals surface area contributed by atoms with Gasteiger partial charge in [0.15, 0.2) is 0 Å². The molecule has 5 heteroatoms. The fraction of sp³-hybridized carbons (Fsp3) is 0.212. The molecule has 15 aromatic rings. The van der Waals surface area contributed by atoms with Crippen LogP contribution in [-0.2, 0) is 32.5 Å². The number of hydrogen-bond donors (Lipinski definition) is 0. The summed E-state index contributed by atoms with van der Waals surface area (Å²) in [6.45, 7) is 34.1. The van der Waals surface area contributed by atoms with Gasteiger partial charge in [0, 0.05) is 66.5 Å². The highest BCUT2D eigenvalue weighted by Crippen LogP contribution is 2.59.